The molecule has 1 unspecified atom stereocenters. The maximum Gasteiger partial charge on any atom is 0.340 e. The normalized spacial score (nSPS) is 12.1. The van der Waals surface area contributed by atoms with E-state index in [1.807, 2.05) is 0 Å². The first kappa shape index (κ1) is 14.3. The first-order chi connectivity index (χ1) is 8.49. The fourth-order valence-corrected chi connectivity index (χ4v) is 1.26. The van der Waals surface area contributed by atoms with E-state index in [1.54, 1.807) is 0 Å². The van der Waals surface area contributed by atoms with Gasteiger partial charge in [-0.2, -0.15) is 0 Å². The van der Waals surface area contributed by atoms with Gasteiger partial charge in [0.2, 0.25) is 0 Å². The lowest BCUT2D eigenvalue weighted by Crippen LogP contribution is -2.24. The van der Waals surface area contributed by atoms with Crippen LogP contribution in [-0.2, 0) is 4.74 Å². The molecule has 0 aliphatic carbocycles. The molecule has 0 fully saturated rings. The summed E-state index contributed by atoms with van der Waals surface area (Å²) in [5.74, 6) is -3.15. The number of hydrogen-bond acceptors (Lipinski definition) is 5. The summed E-state index contributed by atoms with van der Waals surface area (Å²) in [6, 6.07) is 1.49. The van der Waals surface area contributed by atoms with Crippen molar-refractivity contribution >= 4 is 11.7 Å². The van der Waals surface area contributed by atoms with Crippen LogP contribution >= 0.6 is 0 Å². The van der Waals surface area contributed by atoms with Crippen LogP contribution in [-0.4, -0.2) is 42.5 Å². The first-order valence-corrected chi connectivity index (χ1v) is 5.09. The molecule has 0 saturated heterocycles. The zero-order valence-electron chi connectivity index (χ0n) is 9.61. The van der Waals surface area contributed by atoms with Crippen LogP contribution in [0.5, 0.6) is 0 Å². The summed E-state index contributed by atoms with van der Waals surface area (Å²) in [6.45, 7) is -0.615. The van der Waals surface area contributed by atoms with Crippen LogP contribution in [0.2, 0.25) is 0 Å². The second-order valence-corrected chi connectivity index (χ2v) is 3.52. The largest absolute Gasteiger partial charge is 0.465 e. The molecule has 0 aliphatic rings. The molecule has 0 saturated carbocycles. The monoisotopic (exact) mass is 261 g/mol. The second-order valence-electron chi connectivity index (χ2n) is 3.52. The number of carbonyl (C=O) groups excluding carboxylic acids is 1. The number of ether oxygens (including phenoxy) is 1. The average molecular weight is 261 g/mol. The fraction of sp³-hybridized carbons (Fsp3) is 0.364. The number of esters is 1. The maximum atomic E-state index is 13.1. The van der Waals surface area contributed by atoms with Gasteiger partial charge in [0.25, 0.3) is 0 Å². The Morgan fingerprint density at radius 2 is 2.06 bits per heavy atom. The van der Waals surface area contributed by atoms with Gasteiger partial charge in [-0.3, -0.25) is 0 Å². The van der Waals surface area contributed by atoms with E-state index in [1.165, 1.54) is 0 Å². The number of hydrogen-bond donors (Lipinski definition) is 3. The average Bonchev–Trinajstić information content (AvgIpc) is 2.38. The van der Waals surface area contributed by atoms with Gasteiger partial charge in [-0.05, 0) is 6.07 Å². The Bertz CT molecular complexity index is 439. The maximum absolute atomic E-state index is 13.1. The highest BCUT2D eigenvalue weighted by molar-refractivity contribution is 5.95. The Balaban J connectivity index is 3.00. The molecule has 0 aliphatic heterocycles. The van der Waals surface area contributed by atoms with Gasteiger partial charge in [-0.1, -0.05) is 0 Å². The Hall–Kier alpha value is -1.73. The van der Waals surface area contributed by atoms with Crippen LogP contribution in [0.3, 0.4) is 0 Å². The molecule has 7 heteroatoms. The van der Waals surface area contributed by atoms with Gasteiger partial charge < -0.3 is 20.3 Å². The molecule has 0 heterocycles. The Morgan fingerprint density at radius 1 is 1.44 bits per heavy atom. The molecule has 0 spiro atoms. The van der Waals surface area contributed by atoms with E-state index in [0.29, 0.717) is 6.07 Å². The Labute approximate surface area is 102 Å². The fourth-order valence-electron chi connectivity index (χ4n) is 1.26. The molecule has 1 atom stereocenters. The highest BCUT2D eigenvalue weighted by atomic mass is 19.2. The molecule has 0 aromatic heterocycles. The number of aliphatic hydroxyl groups excluding tert-OH is 2. The van der Waals surface area contributed by atoms with Crippen molar-refractivity contribution in [1.29, 1.82) is 0 Å². The summed E-state index contributed by atoms with van der Waals surface area (Å²) in [6.07, 6.45) is -1.08. The molecule has 1 aromatic rings. The molecule has 0 radical (unpaired) electrons. The zero-order chi connectivity index (χ0) is 13.7. The van der Waals surface area contributed by atoms with Gasteiger partial charge in [0.05, 0.1) is 31.1 Å². The van der Waals surface area contributed by atoms with E-state index in [2.05, 4.69) is 10.1 Å². The van der Waals surface area contributed by atoms with Crippen LogP contribution in [0.25, 0.3) is 0 Å². The number of methoxy groups -OCH3 is 1. The third-order valence-corrected chi connectivity index (χ3v) is 2.20. The highest BCUT2D eigenvalue weighted by Crippen LogP contribution is 2.21. The van der Waals surface area contributed by atoms with E-state index >= 15 is 0 Å². The van der Waals surface area contributed by atoms with Crippen LogP contribution in [0.4, 0.5) is 14.5 Å². The summed E-state index contributed by atoms with van der Waals surface area (Å²) < 4.78 is 30.5. The molecule has 0 bridgehead atoms. The van der Waals surface area contributed by atoms with Crippen LogP contribution in [0, 0.1) is 11.6 Å². The van der Waals surface area contributed by atoms with E-state index in [0.717, 1.165) is 13.2 Å². The lowest BCUT2D eigenvalue weighted by molar-refractivity contribution is 0.0601. The third-order valence-electron chi connectivity index (χ3n) is 2.20. The molecule has 3 N–H and O–H groups in total. The summed E-state index contributed by atoms with van der Waals surface area (Å²) in [5.41, 5.74) is -0.213. The van der Waals surface area contributed by atoms with E-state index in [9.17, 15) is 13.6 Å². The van der Waals surface area contributed by atoms with Crippen molar-refractivity contribution in [3.05, 3.63) is 29.3 Å². The minimum absolute atomic E-state index is 0.0201. The van der Waals surface area contributed by atoms with Crippen molar-refractivity contribution < 1.29 is 28.5 Å². The molecule has 1 rings (SSSR count). The molecule has 0 amide bonds. The molecule has 5 nitrogen and oxygen atoms in total. The number of carbonyl (C=O) groups is 1. The highest BCUT2D eigenvalue weighted by Gasteiger charge is 2.17. The predicted molar refractivity (Wildman–Crippen MR) is 59.3 cm³/mol. The number of halogens is 2. The lowest BCUT2D eigenvalue weighted by atomic mass is 10.1. The first-order valence-electron chi connectivity index (χ1n) is 5.09. The van der Waals surface area contributed by atoms with Crippen LogP contribution in [0.1, 0.15) is 10.4 Å². The summed E-state index contributed by atoms with van der Waals surface area (Å²) >= 11 is 0. The van der Waals surface area contributed by atoms with Crippen molar-refractivity contribution in [3.63, 3.8) is 0 Å². The minimum atomic E-state index is -1.18. The molecular weight excluding hydrogens is 248 g/mol. The van der Waals surface area contributed by atoms with Crippen LogP contribution < -0.4 is 5.32 Å². The number of benzene rings is 1. The van der Waals surface area contributed by atoms with Gasteiger partial charge >= 0.3 is 5.97 Å². The third kappa shape index (κ3) is 3.38. The molecular formula is C11H13F2NO4. The van der Waals surface area contributed by atoms with Crippen molar-refractivity contribution in [2.75, 3.05) is 25.6 Å². The SMILES string of the molecule is COC(=O)c1cc(F)c(F)cc1NCC(O)CO. The Kier molecular flexibility index (Phi) is 4.99. The lowest BCUT2D eigenvalue weighted by Gasteiger charge is -2.13. The Morgan fingerprint density at radius 3 is 2.61 bits per heavy atom. The minimum Gasteiger partial charge on any atom is -0.465 e. The predicted octanol–water partition coefficient (Wildman–Crippen LogP) is 0.516. The van der Waals surface area contributed by atoms with E-state index < -0.39 is 30.3 Å². The zero-order valence-corrected chi connectivity index (χ0v) is 9.61. The number of anilines is 1. The number of rotatable bonds is 5. The summed E-state index contributed by atoms with van der Waals surface area (Å²) in [5, 5.41) is 20.3. The van der Waals surface area contributed by atoms with Crippen molar-refractivity contribution in [2.45, 2.75) is 6.10 Å². The van der Waals surface area contributed by atoms with E-state index in [4.69, 9.17) is 10.2 Å². The van der Waals surface area contributed by atoms with Crippen molar-refractivity contribution in [2.24, 2.45) is 0 Å². The van der Waals surface area contributed by atoms with E-state index in [-0.39, 0.29) is 17.8 Å². The second kappa shape index (κ2) is 6.27. The summed E-state index contributed by atoms with van der Waals surface area (Å²) in [4.78, 5) is 11.3. The molecule has 18 heavy (non-hydrogen) atoms. The van der Waals surface area contributed by atoms with Crippen LogP contribution in [0.15, 0.2) is 12.1 Å². The number of nitrogens with one attached hydrogen (secondary N) is 1. The topological polar surface area (TPSA) is 78.8 Å². The smallest absolute Gasteiger partial charge is 0.340 e. The number of aliphatic hydroxyl groups is 2. The summed E-state index contributed by atoms with van der Waals surface area (Å²) in [7, 11) is 1.11. The molecule has 1 aromatic carbocycles. The van der Waals surface area contributed by atoms with Crippen molar-refractivity contribution in [1.82, 2.24) is 0 Å². The molecule has 100 valence electrons. The van der Waals surface area contributed by atoms with Gasteiger partial charge in [-0.25, -0.2) is 13.6 Å². The van der Waals surface area contributed by atoms with Gasteiger partial charge in [-0.15, -0.1) is 0 Å². The van der Waals surface area contributed by atoms with Gasteiger partial charge in [0.15, 0.2) is 11.6 Å². The van der Waals surface area contributed by atoms with Crippen molar-refractivity contribution in [3.8, 4) is 0 Å². The standard InChI is InChI=1S/C11H13F2NO4/c1-18-11(17)7-2-8(12)9(13)3-10(7)14-4-6(16)5-15/h2-3,6,14-16H,4-5H2,1H3. The van der Waals surface area contributed by atoms with Gasteiger partial charge in [0, 0.05) is 12.6 Å². The van der Waals surface area contributed by atoms with Gasteiger partial charge in [0.1, 0.15) is 0 Å². The quantitative estimate of drug-likeness (QED) is 0.673.